The number of nitrogens with zero attached hydrogens (tertiary/aromatic N) is 2. The van der Waals surface area contributed by atoms with Gasteiger partial charge in [0.25, 0.3) is 11.8 Å². The van der Waals surface area contributed by atoms with Crippen LogP contribution in [0.3, 0.4) is 0 Å². The van der Waals surface area contributed by atoms with E-state index < -0.39 is 11.8 Å². The first-order valence-electron chi connectivity index (χ1n) is 9.20. The zero-order valence-electron chi connectivity index (χ0n) is 15.8. The van der Waals surface area contributed by atoms with E-state index in [4.69, 9.17) is 11.2 Å². The van der Waals surface area contributed by atoms with Crippen LogP contribution in [0.15, 0.2) is 24.5 Å². The van der Waals surface area contributed by atoms with Crippen molar-refractivity contribution in [2.24, 2.45) is 0 Å². The average molecular weight is 406 g/mol. The average Bonchev–Trinajstić information content (AvgIpc) is 3.19. The van der Waals surface area contributed by atoms with E-state index in [2.05, 4.69) is 37.2 Å². The fourth-order valence-corrected chi connectivity index (χ4v) is 3.30. The van der Waals surface area contributed by atoms with Gasteiger partial charge in [0.05, 0.1) is 29.5 Å². The van der Waals surface area contributed by atoms with Gasteiger partial charge < -0.3 is 26.0 Å². The van der Waals surface area contributed by atoms with E-state index in [0.29, 0.717) is 29.4 Å². The summed E-state index contributed by atoms with van der Waals surface area (Å²) in [4.78, 5) is 44.7. The first kappa shape index (κ1) is 19.2. The molecule has 1 unspecified atom stereocenters. The van der Waals surface area contributed by atoms with E-state index >= 15 is 0 Å². The Kier molecular flexibility index (Phi) is 5.17. The van der Waals surface area contributed by atoms with Gasteiger partial charge in [-0.05, 0) is 17.7 Å². The Labute approximate surface area is 171 Å². The van der Waals surface area contributed by atoms with Crippen molar-refractivity contribution in [1.29, 1.82) is 0 Å². The molecule has 30 heavy (non-hydrogen) atoms. The number of hydrogen-bond acceptors (Lipinski definition) is 7. The van der Waals surface area contributed by atoms with Crippen LogP contribution in [0.25, 0.3) is 0 Å². The molecule has 2 aliphatic heterocycles. The van der Waals surface area contributed by atoms with Gasteiger partial charge in [-0.3, -0.25) is 14.4 Å². The largest absolute Gasteiger partial charge is 0.482 e. The van der Waals surface area contributed by atoms with E-state index in [9.17, 15) is 14.4 Å². The Balaban J connectivity index is 1.46. The molecule has 2 aromatic rings. The van der Waals surface area contributed by atoms with Crippen LogP contribution < -0.4 is 26.0 Å². The number of amides is 3. The molecule has 4 N–H and O–H groups in total. The van der Waals surface area contributed by atoms with Gasteiger partial charge in [0, 0.05) is 13.1 Å². The number of fused-ring (bicyclic) bond motifs is 2. The quantitative estimate of drug-likeness (QED) is 0.513. The van der Waals surface area contributed by atoms with Crippen LogP contribution in [0.5, 0.6) is 5.75 Å². The lowest BCUT2D eigenvalue weighted by atomic mass is 10.1. The van der Waals surface area contributed by atoms with Gasteiger partial charge >= 0.3 is 0 Å². The molecular weight excluding hydrogens is 388 g/mol. The maximum absolute atomic E-state index is 12.7. The zero-order valence-corrected chi connectivity index (χ0v) is 15.8. The van der Waals surface area contributed by atoms with Crippen molar-refractivity contribution in [2.45, 2.75) is 12.5 Å². The van der Waals surface area contributed by atoms with Gasteiger partial charge in [-0.1, -0.05) is 12.0 Å². The highest BCUT2D eigenvalue weighted by Gasteiger charge is 2.33. The highest BCUT2D eigenvalue weighted by atomic mass is 16.5. The molecule has 1 aromatic carbocycles. The van der Waals surface area contributed by atoms with Gasteiger partial charge in [-0.25, -0.2) is 9.97 Å². The minimum Gasteiger partial charge on any atom is -0.482 e. The lowest BCUT2D eigenvalue weighted by Gasteiger charge is -2.18. The Morgan fingerprint density at radius 1 is 1.30 bits per heavy atom. The minimum absolute atomic E-state index is 0.0172. The number of rotatable bonds is 5. The molecule has 4 rings (SSSR count). The summed E-state index contributed by atoms with van der Waals surface area (Å²) in [5.74, 6) is 1.48. The molecule has 0 saturated carbocycles. The summed E-state index contributed by atoms with van der Waals surface area (Å²) in [6, 6.07) is 5.27. The van der Waals surface area contributed by atoms with E-state index in [1.54, 1.807) is 18.2 Å². The number of hydrogen-bond donors (Lipinski definition) is 4. The fourth-order valence-electron chi connectivity index (χ4n) is 3.30. The molecule has 0 saturated heterocycles. The normalized spacial score (nSPS) is 16.1. The van der Waals surface area contributed by atoms with Crippen LogP contribution in [-0.2, 0) is 16.1 Å². The monoisotopic (exact) mass is 406 g/mol. The van der Waals surface area contributed by atoms with E-state index in [0.717, 1.165) is 5.56 Å². The summed E-state index contributed by atoms with van der Waals surface area (Å²) in [5, 5.41) is 11.2. The van der Waals surface area contributed by atoms with Gasteiger partial charge in [0.15, 0.2) is 12.3 Å². The van der Waals surface area contributed by atoms with Gasteiger partial charge in [-0.2, -0.15) is 0 Å². The molecular formula is C20H18N6O4. The second-order valence-electron chi connectivity index (χ2n) is 6.69. The highest BCUT2D eigenvalue weighted by Crippen LogP contribution is 2.32. The summed E-state index contributed by atoms with van der Waals surface area (Å²) in [7, 11) is 0. The molecule has 10 heteroatoms. The van der Waals surface area contributed by atoms with Crippen molar-refractivity contribution < 1.29 is 19.1 Å². The molecule has 2 aliphatic rings. The number of anilines is 2. The van der Waals surface area contributed by atoms with Crippen molar-refractivity contribution in [3.63, 3.8) is 0 Å². The van der Waals surface area contributed by atoms with Crippen LogP contribution in [0.2, 0.25) is 0 Å². The summed E-state index contributed by atoms with van der Waals surface area (Å²) >= 11 is 0. The molecule has 0 aliphatic carbocycles. The van der Waals surface area contributed by atoms with E-state index in [-0.39, 0.29) is 37.2 Å². The lowest BCUT2D eigenvalue weighted by molar-refractivity contribution is -0.122. The zero-order chi connectivity index (χ0) is 21.1. The van der Waals surface area contributed by atoms with Crippen LogP contribution in [0.1, 0.15) is 27.7 Å². The number of carbonyl (C=O) groups is 3. The van der Waals surface area contributed by atoms with E-state index in [1.165, 1.54) is 6.33 Å². The second-order valence-corrected chi connectivity index (χ2v) is 6.69. The molecule has 0 spiro atoms. The molecule has 1 atom stereocenters. The van der Waals surface area contributed by atoms with Gasteiger partial charge in [0.1, 0.15) is 12.1 Å². The molecule has 0 bridgehead atoms. The SMILES string of the molecule is C#CCNC(=O)C1CNc2c(C(=O)NCc3ccc4c(c3)NC(=O)CO4)ncnc21. The first-order chi connectivity index (χ1) is 14.6. The molecule has 3 amide bonds. The number of terminal acetylenes is 1. The molecule has 3 heterocycles. The maximum atomic E-state index is 12.7. The maximum Gasteiger partial charge on any atom is 0.272 e. The number of nitrogens with one attached hydrogen (secondary N) is 4. The predicted octanol–water partition coefficient (Wildman–Crippen LogP) is -0.00400. The summed E-state index contributed by atoms with van der Waals surface area (Å²) in [5.41, 5.74) is 2.38. The summed E-state index contributed by atoms with van der Waals surface area (Å²) in [6.07, 6.45) is 6.43. The lowest BCUT2D eigenvalue weighted by Crippen LogP contribution is -2.30. The molecule has 152 valence electrons. The van der Waals surface area contributed by atoms with Gasteiger partial charge in [-0.15, -0.1) is 6.42 Å². The minimum atomic E-state index is -0.549. The Morgan fingerprint density at radius 3 is 3.00 bits per heavy atom. The Hall–Kier alpha value is -4.13. The molecule has 10 nitrogen and oxygen atoms in total. The van der Waals surface area contributed by atoms with Crippen LogP contribution in [0, 0.1) is 12.3 Å². The highest BCUT2D eigenvalue weighted by molar-refractivity contribution is 6.00. The Bertz CT molecular complexity index is 1080. The number of ether oxygens (including phenoxy) is 1. The number of aromatic nitrogens is 2. The summed E-state index contributed by atoms with van der Waals surface area (Å²) < 4.78 is 5.32. The predicted molar refractivity (Wildman–Crippen MR) is 107 cm³/mol. The fraction of sp³-hybridized carbons (Fsp3) is 0.250. The topological polar surface area (TPSA) is 134 Å². The molecule has 1 aromatic heterocycles. The first-order valence-corrected chi connectivity index (χ1v) is 9.20. The second kappa shape index (κ2) is 8.08. The van der Waals surface area contributed by atoms with Crippen molar-refractivity contribution in [3.8, 4) is 18.1 Å². The number of carbonyl (C=O) groups excluding carboxylic acids is 3. The van der Waals surface area contributed by atoms with Crippen molar-refractivity contribution in [1.82, 2.24) is 20.6 Å². The van der Waals surface area contributed by atoms with E-state index in [1.807, 2.05) is 0 Å². The molecule has 0 fully saturated rings. The van der Waals surface area contributed by atoms with Crippen LogP contribution >= 0.6 is 0 Å². The third-order valence-electron chi connectivity index (χ3n) is 4.72. The van der Waals surface area contributed by atoms with Crippen molar-refractivity contribution in [2.75, 3.05) is 30.3 Å². The van der Waals surface area contributed by atoms with Gasteiger partial charge in [0.2, 0.25) is 5.91 Å². The van der Waals surface area contributed by atoms with Crippen LogP contribution in [-0.4, -0.2) is 47.4 Å². The van der Waals surface area contributed by atoms with Crippen LogP contribution in [0.4, 0.5) is 11.4 Å². The molecule has 0 radical (unpaired) electrons. The number of benzene rings is 1. The third-order valence-corrected chi connectivity index (χ3v) is 4.72. The van der Waals surface area contributed by atoms with Crippen molar-refractivity contribution >= 4 is 29.1 Å². The smallest absolute Gasteiger partial charge is 0.272 e. The standard InChI is InChI=1S/C20H18N6O4/c1-2-5-21-19(28)12-8-22-17-16(12)24-10-25-18(17)20(29)23-7-11-3-4-14-13(6-11)26-15(27)9-30-14/h1,3-4,6,10,12,22H,5,7-9H2,(H,21,28)(H,23,29)(H,26,27). The third kappa shape index (κ3) is 3.73. The summed E-state index contributed by atoms with van der Waals surface area (Å²) in [6.45, 7) is 0.619. The van der Waals surface area contributed by atoms with Crippen molar-refractivity contribution in [3.05, 3.63) is 41.5 Å². The Morgan fingerprint density at radius 2 is 2.17 bits per heavy atom.